The van der Waals surface area contributed by atoms with E-state index in [9.17, 15) is 0 Å². The van der Waals surface area contributed by atoms with Crippen LogP contribution in [0.15, 0.2) is 24.4 Å². The van der Waals surface area contributed by atoms with Crippen molar-refractivity contribution >= 4 is 0 Å². The SMILES string of the molecule is CCCNC(CC1CCC1)C(C)c1ccccn1. The monoisotopic (exact) mass is 246 g/mol. The lowest BCUT2D eigenvalue weighted by Gasteiger charge is -2.33. The normalized spacial score (nSPS) is 19.2. The standard InChI is InChI=1S/C16H26N2/c1-3-10-17-16(12-14-7-6-8-14)13(2)15-9-4-5-11-18-15/h4-5,9,11,13-14,16-17H,3,6-8,10,12H2,1-2H3. The van der Waals surface area contributed by atoms with Crippen molar-refractivity contribution in [2.45, 2.75) is 57.9 Å². The van der Waals surface area contributed by atoms with Crippen molar-refractivity contribution in [1.82, 2.24) is 10.3 Å². The molecule has 2 atom stereocenters. The van der Waals surface area contributed by atoms with Gasteiger partial charge in [0.25, 0.3) is 0 Å². The minimum atomic E-state index is 0.512. The van der Waals surface area contributed by atoms with Gasteiger partial charge in [-0.15, -0.1) is 0 Å². The van der Waals surface area contributed by atoms with Crippen LogP contribution in [-0.2, 0) is 0 Å². The predicted octanol–water partition coefficient (Wildman–Crippen LogP) is 3.74. The van der Waals surface area contributed by atoms with Gasteiger partial charge in [0, 0.05) is 23.9 Å². The number of nitrogens with one attached hydrogen (secondary N) is 1. The number of hydrogen-bond donors (Lipinski definition) is 1. The molecule has 18 heavy (non-hydrogen) atoms. The van der Waals surface area contributed by atoms with E-state index in [0.717, 1.165) is 12.5 Å². The summed E-state index contributed by atoms with van der Waals surface area (Å²) in [5, 5.41) is 3.73. The Morgan fingerprint density at radius 3 is 2.78 bits per heavy atom. The van der Waals surface area contributed by atoms with Crippen LogP contribution < -0.4 is 5.32 Å². The molecule has 2 heteroatoms. The van der Waals surface area contributed by atoms with Crippen molar-refractivity contribution in [1.29, 1.82) is 0 Å². The molecule has 2 unspecified atom stereocenters. The van der Waals surface area contributed by atoms with Crippen LogP contribution in [0.4, 0.5) is 0 Å². The lowest BCUT2D eigenvalue weighted by Crippen LogP contribution is -2.37. The smallest absolute Gasteiger partial charge is 0.0447 e. The quantitative estimate of drug-likeness (QED) is 0.792. The zero-order valence-corrected chi connectivity index (χ0v) is 11.7. The summed E-state index contributed by atoms with van der Waals surface area (Å²) in [6.07, 6.45) is 8.72. The second-order valence-corrected chi connectivity index (χ2v) is 5.64. The second-order valence-electron chi connectivity index (χ2n) is 5.64. The van der Waals surface area contributed by atoms with Gasteiger partial charge in [-0.05, 0) is 37.4 Å². The lowest BCUT2D eigenvalue weighted by atomic mass is 9.78. The van der Waals surface area contributed by atoms with Crippen LogP contribution >= 0.6 is 0 Å². The average Bonchev–Trinajstić information content (AvgIpc) is 2.37. The molecule has 0 radical (unpaired) electrons. The van der Waals surface area contributed by atoms with Crippen LogP contribution in [0.2, 0.25) is 0 Å². The summed E-state index contributed by atoms with van der Waals surface area (Å²) < 4.78 is 0. The van der Waals surface area contributed by atoms with Gasteiger partial charge >= 0.3 is 0 Å². The lowest BCUT2D eigenvalue weighted by molar-refractivity contribution is 0.246. The van der Waals surface area contributed by atoms with E-state index in [1.165, 1.54) is 37.8 Å². The minimum Gasteiger partial charge on any atom is -0.313 e. The third-order valence-electron chi connectivity index (χ3n) is 4.23. The van der Waals surface area contributed by atoms with Crippen molar-refractivity contribution in [3.63, 3.8) is 0 Å². The Morgan fingerprint density at radius 2 is 2.22 bits per heavy atom. The fraction of sp³-hybridized carbons (Fsp3) is 0.688. The van der Waals surface area contributed by atoms with Gasteiger partial charge in [0.05, 0.1) is 0 Å². The number of rotatable bonds is 7. The first-order chi connectivity index (χ1) is 8.81. The molecule has 0 aromatic carbocycles. The van der Waals surface area contributed by atoms with Crippen LogP contribution in [0.5, 0.6) is 0 Å². The predicted molar refractivity (Wildman–Crippen MR) is 76.7 cm³/mol. The molecular weight excluding hydrogens is 220 g/mol. The fourth-order valence-corrected chi connectivity index (χ4v) is 2.73. The van der Waals surface area contributed by atoms with E-state index in [0.29, 0.717) is 12.0 Å². The number of nitrogens with zero attached hydrogens (tertiary/aromatic N) is 1. The Morgan fingerprint density at radius 1 is 1.39 bits per heavy atom. The largest absolute Gasteiger partial charge is 0.313 e. The molecule has 0 bridgehead atoms. The van der Waals surface area contributed by atoms with Gasteiger partial charge in [0.15, 0.2) is 0 Å². The van der Waals surface area contributed by atoms with E-state index < -0.39 is 0 Å². The van der Waals surface area contributed by atoms with Crippen molar-refractivity contribution in [2.24, 2.45) is 5.92 Å². The summed E-state index contributed by atoms with van der Waals surface area (Å²) in [4.78, 5) is 4.52. The van der Waals surface area contributed by atoms with Gasteiger partial charge in [0.1, 0.15) is 0 Å². The van der Waals surface area contributed by atoms with Crippen LogP contribution in [0.1, 0.15) is 57.6 Å². The summed E-state index contributed by atoms with van der Waals surface area (Å²) in [6.45, 7) is 5.67. The molecule has 1 aliphatic carbocycles. The van der Waals surface area contributed by atoms with Gasteiger partial charge in [-0.1, -0.05) is 39.2 Å². The third-order valence-corrected chi connectivity index (χ3v) is 4.23. The molecule has 100 valence electrons. The number of hydrogen-bond acceptors (Lipinski definition) is 2. The van der Waals surface area contributed by atoms with E-state index in [4.69, 9.17) is 0 Å². The molecule has 1 aliphatic rings. The molecule has 0 aliphatic heterocycles. The summed E-state index contributed by atoms with van der Waals surface area (Å²) >= 11 is 0. The molecule has 2 rings (SSSR count). The van der Waals surface area contributed by atoms with Crippen LogP contribution in [0.3, 0.4) is 0 Å². The topological polar surface area (TPSA) is 24.9 Å². The first-order valence-corrected chi connectivity index (χ1v) is 7.45. The van der Waals surface area contributed by atoms with Crippen LogP contribution in [-0.4, -0.2) is 17.6 Å². The van der Waals surface area contributed by atoms with Gasteiger partial charge in [0.2, 0.25) is 0 Å². The Balaban J connectivity index is 1.97. The van der Waals surface area contributed by atoms with Crippen molar-refractivity contribution < 1.29 is 0 Å². The zero-order chi connectivity index (χ0) is 12.8. The van der Waals surface area contributed by atoms with Gasteiger partial charge in [-0.2, -0.15) is 0 Å². The highest BCUT2D eigenvalue weighted by Crippen LogP contribution is 2.33. The van der Waals surface area contributed by atoms with E-state index in [2.05, 4.69) is 36.3 Å². The first-order valence-electron chi connectivity index (χ1n) is 7.45. The van der Waals surface area contributed by atoms with Crippen molar-refractivity contribution in [2.75, 3.05) is 6.54 Å². The average molecular weight is 246 g/mol. The highest BCUT2D eigenvalue weighted by Gasteiger charge is 2.26. The maximum atomic E-state index is 4.52. The van der Waals surface area contributed by atoms with E-state index in [1.807, 2.05) is 12.3 Å². The molecule has 1 fully saturated rings. The van der Waals surface area contributed by atoms with Gasteiger partial charge in [-0.3, -0.25) is 4.98 Å². The van der Waals surface area contributed by atoms with Crippen molar-refractivity contribution in [3.8, 4) is 0 Å². The summed E-state index contributed by atoms with van der Waals surface area (Å²) in [5.41, 5.74) is 1.23. The maximum Gasteiger partial charge on any atom is 0.0447 e. The Kier molecular flexibility index (Phi) is 5.18. The van der Waals surface area contributed by atoms with Crippen LogP contribution in [0, 0.1) is 5.92 Å². The Bertz CT molecular complexity index is 332. The molecule has 1 aromatic rings. The Labute approximate surface area is 111 Å². The molecule has 1 aromatic heterocycles. The number of aromatic nitrogens is 1. The van der Waals surface area contributed by atoms with E-state index in [1.54, 1.807) is 0 Å². The second kappa shape index (κ2) is 6.89. The first kappa shape index (κ1) is 13.5. The molecular formula is C16H26N2. The molecule has 2 nitrogen and oxygen atoms in total. The maximum absolute atomic E-state index is 4.52. The molecule has 1 saturated carbocycles. The Hall–Kier alpha value is -0.890. The number of pyridine rings is 1. The highest BCUT2D eigenvalue weighted by atomic mass is 14.9. The zero-order valence-electron chi connectivity index (χ0n) is 11.7. The van der Waals surface area contributed by atoms with Gasteiger partial charge in [-0.25, -0.2) is 0 Å². The highest BCUT2D eigenvalue weighted by molar-refractivity contribution is 5.11. The summed E-state index contributed by atoms with van der Waals surface area (Å²) in [5.74, 6) is 1.46. The molecule has 0 spiro atoms. The molecule has 1 heterocycles. The van der Waals surface area contributed by atoms with E-state index in [-0.39, 0.29) is 0 Å². The van der Waals surface area contributed by atoms with Crippen molar-refractivity contribution in [3.05, 3.63) is 30.1 Å². The minimum absolute atomic E-state index is 0.512. The molecule has 1 N–H and O–H groups in total. The molecule has 0 saturated heterocycles. The third kappa shape index (κ3) is 3.55. The summed E-state index contributed by atoms with van der Waals surface area (Å²) in [7, 11) is 0. The molecule has 0 amide bonds. The van der Waals surface area contributed by atoms with Gasteiger partial charge < -0.3 is 5.32 Å². The van der Waals surface area contributed by atoms with Crippen LogP contribution in [0.25, 0.3) is 0 Å². The summed E-state index contributed by atoms with van der Waals surface area (Å²) in [6, 6.07) is 6.84. The van der Waals surface area contributed by atoms with E-state index >= 15 is 0 Å². The fourth-order valence-electron chi connectivity index (χ4n) is 2.73.